The molecule has 0 aliphatic heterocycles. The molecule has 0 saturated carbocycles. The van der Waals surface area contributed by atoms with Crippen molar-refractivity contribution in [2.45, 2.75) is 13.0 Å². The topological polar surface area (TPSA) is 91.4 Å². The van der Waals surface area contributed by atoms with Gasteiger partial charge in [-0.15, -0.1) is 0 Å². The third-order valence-corrected chi connectivity index (χ3v) is 4.15. The molecule has 0 aliphatic rings. The number of rotatable bonds is 6. The van der Waals surface area contributed by atoms with Crippen LogP contribution in [0.4, 0.5) is 22.0 Å². The molecule has 1 unspecified atom stereocenters. The predicted molar refractivity (Wildman–Crippen MR) is 106 cm³/mol. The van der Waals surface area contributed by atoms with E-state index < -0.39 is 0 Å². The normalized spacial score (nSPS) is 11.8. The summed E-state index contributed by atoms with van der Waals surface area (Å²) in [6.45, 7) is 1.97. The van der Waals surface area contributed by atoms with Gasteiger partial charge < -0.3 is 15.6 Å². The molecule has 3 heterocycles. The highest BCUT2D eigenvalue weighted by molar-refractivity contribution is 5.66. The van der Waals surface area contributed by atoms with E-state index in [-0.39, 0.29) is 11.9 Å². The van der Waals surface area contributed by atoms with Gasteiger partial charge in [-0.05, 0) is 30.7 Å². The van der Waals surface area contributed by atoms with Crippen molar-refractivity contribution in [1.82, 2.24) is 24.9 Å². The van der Waals surface area contributed by atoms with E-state index in [0.717, 1.165) is 16.8 Å². The third kappa shape index (κ3) is 4.12. The van der Waals surface area contributed by atoms with Crippen LogP contribution in [-0.2, 0) is 0 Å². The van der Waals surface area contributed by atoms with E-state index in [1.807, 2.05) is 31.5 Å². The minimum atomic E-state index is -0.267. The van der Waals surface area contributed by atoms with Gasteiger partial charge >= 0.3 is 0 Å². The Labute approximate surface area is 161 Å². The predicted octanol–water partition coefficient (Wildman–Crippen LogP) is 4.32. The molecule has 0 radical (unpaired) electrons. The van der Waals surface area contributed by atoms with E-state index in [4.69, 9.17) is 0 Å². The van der Waals surface area contributed by atoms with E-state index in [2.05, 4.69) is 35.6 Å². The van der Waals surface area contributed by atoms with Gasteiger partial charge in [0.1, 0.15) is 17.5 Å². The van der Waals surface area contributed by atoms with Crippen molar-refractivity contribution < 1.29 is 4.39 Å². The minimum absolute atomic E-state index is 0.105. The second kappa shape index (κ2) is 7.83. The van der Waals surface area contributed by atoms with Crippen molar-refractivity contribution in [3.05, 3.63) is 78.8 Å². The summed E-state index contributed by atoms with van der Waals surface area (Å²) in [6.07, 6.45) is 8.52. The van der Waals surface area contributed by atoms with Crippen LogP contribution in [0, 0.1) is 5.82 Å². The number of benzene rings is 1. The van der Waals surface area contributed by atoms with Crippen molar-refractivity contribution in [2.75, 3.05) is 10.6 Å². The molecular formula is C20H18FN7. The Morgan fingerprint density at radius 2 is 1.89 bits per heavy atom. The molecule has 3 N–H and O–H groups in total. The zero-order valence-corrected chi connectivity index (χ0v) is 15.1. The van der Waals surface area contributed by atoms with Crippen molar-refractivity contribution >= 4 is 17.6 Å². The highest BCUT2D eigenvalue weighted by Gasteiger charge is 2.12. The summed E-state index contributed by atoms with van der Waals surface area (Å²) < 4.78 is 13.2. The fraction of sp³-hybridized carbons (Fsp3) is 0.100. The van der Waals surface area contributed by atoms with Crippen molar-refractivity contribution in [2.24, 2.45) is 0 Å². The summed E-state index contributed by atoms with van der Waals surface area (Å²) in [7, 11) is 0. The first-order chi connectivity index (χ1) is 13.7. The van der Waals surface area contributed by atoms with Gasteiger partial charge in [-0.25, -0.2) is 14.4 Å². The molecule has 0 fully saturated rings. The summed E-state index contributed by atoms with van der Waals surface area (Å²) in [4.78, 5) is 20.4. The van der Waals surface area contributed by atoms with Gasteiger partial charge in [-0.1, -0.05) is 12.1 Å². The molecule has 0 spiro atoms. The smallest absolute Gasteiger partial charge is 0.225 e. The van der Waals surface area contributed by atoms with Crippen LogP contribution in [0.5, 0.6) is 0 Å². The number of H-pyrrole nitrogens is 1. The van der Waals surface area contributed by atoms with Crippen LogP contribution in [0.25, 0.3) is 11.3 Å². The number of nitrogens with one attached hydrogen (secondary N) is 3. The Morgan fingerprint density at radius 1 is 1.04 bits per heavy atom. The number of nitrogens with zero attached hydrogens (tertiary/aromatic N) is 4. The number of aromatic amines is 1. The SMILES string of the molecule is CC(Nc1nc(Nc2cnccn2)cc(-c2cc[nH]c2)n1)c1ccc(F)cc1. The average Bonchev–Trinajstić information content (AvgIpc) is 3.24. The molecule has 0 bridgehead atoms. The summed E-state index contributed by atoms with van der Waals surface area (Å²) in [5.41, 5.74) is 2.61. The minimum Gasteiger partial charge on any atom is -0.367 e. The van der Waals surface area contributed by atoms with Crippen molar-refractivity contribution in [3.8, 4) is 11.3 Å². The first-order valence-corrected chi connectivity index (χ1v) is 8.75. The largest absolute Gasteiger partial charge is 0.367 e. The van der Waals surface area contributed by atoms with E-state index in [1.165, 1.54) is 12.1 Å². The monoisotopic (exact) mass is 375 g/mol. The maximum atomic E-state index is 13.2. The van der Waals surface area contributed by atoms with Crippen LogP contribution >= 0.6 is 0 Å². The Balaban J connectivity index is 1.64. The molecule has 0 saturated heterocycles. The Morgan fingerprint density at radius 3 is 2.61 bits per heavy atom. The van der Waals surface area contributed by atoms with Gasteiger partial charge in [-0.3, -0.25) is 4.98 Å². The molecule has 28 heavy (non-hydrogen) atoms. The highest BCUT2D eigenvalue weighted by Crippen LogP contribution is 2.25. The standard InChI is InChI=1S/C20H18FN7/c1-13(14-2-4-16(21)5-3-14)25-20-26-17(15-6-7-22-11-15)10-18(28-20)27-19-12-23-8-9-24-19/h2-13,22H,1H3,(H2,24,25,26,27,28). The molecule has 8 heteroatoms. The fourth-order valence-electron chi connectivity index (χ4n) is 2.73. The first-order valence-electron chi connectivity index (χ1n) is 8.75. The summed E-state index contributed by atoms with van der Waals surface area (Å²) in [5, 5.41) is 6.42. The number of halogens is 1. The second-order valence-corrected chi connectivity index (χ2v) is 6.19. The van der Waals surface area contributed by atoms with Crippen molar-refractivity contribution in [3.63, 3.8) is 0 Å². The van der Waals surface area contributed by atoms with E-state index >= 15 is 0 Å². The third-order valence-electron chi connectivity index (χ3n) is 4.15. The molecular weight excluding hydrogens is 357 g/mol. The summed E-state index contributed by atoms with van der Waals surface area (Å²) >= 11 is 0. The molecule has 0 aliphatic carbocycles. The molecule has 1 atom stereocenters. The zero-order chi connectivity index (χ0) is 19.3. The lowest BCUT2D eigenvalue weighted by Gasteiger charge is -2.16. The van der Waals surface area contributed by atoms with Crippen LogP contribution in [0.3, 0.4) is 0 Å². The van der Waals surface area contributed by atoms with E-state index in [1.54, 1.807) is 30.7 Å². The van der Waals surface area contributed by atoms with E-state index in [0.29, 0.717) is 17.6 Å². The highest BCUT2D eigenvalue weighted by atomic mass is 19.1. The second-order valence-electron chi connectivity index (χ2n) is 6.19. The molecule has 3 aromatic heterocycles. The summed E-state index contributed by atoms with van der Waals surface area (Å²) in [6, 6.07) is 10.0. The van der Waals surface area contributed by atoms with Crippen LogP contribution in [0.15, 0.2) is 67.4 Å². The fourth-order valence-corrected chi connectivity index (χ4v) is 2.73. The van der Waals surface area contributed by atoms with Crippen LogP contribution in [0.2, 0.25) is 0 Å². The number of aromatic nitrogens is 5. The molecule has 140 valence electrons. The van der Waals surface area contributed by atoms with Gasteiger partial charge in [0.15, 0.2) is 0 Å². The zero-order valence-electron chi connectivity index (χ0n) is 15.1. The summed E-state index contributed by atoms with van der Waals surface area (Å²) in [5.74, 6) is 1.35. The molecule has 1 aromatic carbocycles. The van der Waals surface area contributed by atoms with Gasteiger partial charge in [0.25, 0.3) is 0 Å². The molecule has 4 rings (SSSR count). The van der Waals surface area contributed by atoms with Crippen LogP contribution in [0.1, 0.15) is 18.5 Å². The van der Waals surface area contributed by atoms with Crippen LogP contribution in [-0.4, -0.2) is 24.9 Å². The number of anilines is 3. The lowest BCUT2D eigenvalue weighted by atomic mass is 10.1. The lowest BCUT2D eigenvalue weighted by molar-refractivity contribution is 0.626. The van der Waals surface area contributed by atoms with Gasteiger partial charge in [0, 0.05) is 36.4 Å². The maximum Gasteiger partial charge on any atom is 0.225 e. The average molecular weight is 375 g/mol. The van der Waals surface area contributed by atoms with Gasteiger partial charge in [0.2, 0.25) is 5.95 Å². The molecule has 4 aromatic rings. The van der Waals surface area contributed by atoms with E-state index in [9.17, 15) is 4.39 Å². The Bertz CT molecular complexity index is 1030. The molecule has 0 amide bonds. The Kier molecular flexibility index (Phi) is 4.92. The van der Waals surface area contributed by atoms with Gasteiger partial charge in [0.05, 0.1) is 17.9 Å². The van der Waals surface area contributed by atoms with Gasteiger partial charge in [-0.2, -0.15) is 4.98 Å². The Hall–Kier alpha value is -3.81. The first kappa shape index (κ1) is 17.6. The number of hydrogen-bond donors (Lipinski definition) is 3. The van der Waals surface area contributed by atoms with Crippen molar-refractivity contribution in [1.29, 1.82) is 0 Å². The van der Waals surface area contributed by atoms with Crippen LogP contribution < -0.4 is 10.6 Å². The lowest BCUT2D eigenvalue weighted by Crippen LogP contribution is -2.11. The maximum absolute atomic E-state index is 13.2. The molecule has 7 nitrogen and oxygen atoms in total. The number of hydrogen-bond acceptors (Lipinski definition) is 6. The quantitative estimate of drug-likeness (QED) is 0.465.